The molecular formula is C34H35N3. The van der Waals surface area contributed by atoms with Gasteiger partial charge in [-0.25, -0.2) is 0 Å². The lowest BCUT2D eigenvalue weighted by Crippen LogP contribution is -1.98. The predicted molar refractivity (Wildman–Crippen MR) is 160 cm³/mol. The fourth-order valence-electron chi connectivity index (χ4n) is 5.26. The molecule has 5 aromatic rings. The Kier molecular flexibility index (Phi) is 7.60. The lowest BCUT2D eigenvalue weighted by molar-refractivity contribution is 0.827. The van der Waals surface area contributed by atoms with E-state index in [4.69, 9.17) is 0 Å². The Morgan fingerprint density at radius 1 is 0.541 bits per heavy atom. The molecule has 4 aromatic carbocycles. The average Bonchev–Trinajstić information content (AvgIpc) is 3.67. The Balaban J connectivity index is 0.000000117. The number of para-hydroxylation sites is 2. The number of rotatable bonds is 3. The van der Waals surface area contributed by atoms with Crippen LogP contribution < -0.4 is 0 Å². The molecule has 1 aromatic heterocycles. The van der Waals surface area contributed by atoms with Crippen molar-refractivity contribution in [2.45, 2.75) is 53.0 Å². The van der Waals surface area contributed by atoms with Gasteiger partial charge >= 0.3 is 0 Å². The monoisotopic (exact) mass is 485 g/mol. The Morgan fingerprint density at radius 2 is 0.973 bits per heavy atom. The molecule has 2 aliphatic rings. The van der Waals surface area contributed by atoms with Gasteiger partial charge in [-0.15, -0.1) is 0 Å². The van der Waals surface area contributed by atoms with E-state index >= 15 is 0 Å². The highest BCUT2D eigenvalue weighted by Gasteiger charge is 2.16. The molecular weight excluding hydrogens is 450 g/mol. The second kappa shape index (κ2) is 11.4. The molecule has 0 bridgehead atoms. The van der Waals surface area contributed by atoms with Crippen LogP contribution in [0.15, 0.2) is 107 Å². The summed E-state index contributed by atoms with van der Waals surface area (Å²) in [6.07, 6.45) is 4.22. The summed E-state index contributed by atoms with van der Waals surface area (Å²) in [7, 11) is 0. The summed E-state index contributed by atoms with van der Waals surface area (Å²) in [5.41, 5.74) is 10.9. The highest BCUT2D eigenvalue weighted by molar-refractivity contribution is 6.08. The Labute approximate surface area is 220 Å². The van der Waals surface area contributed by atoms with Crippen molar-refractivity contribution in [1.29, 1.82) is 0 Å². The molecule has 0 N–H and O–H groups in total. The smallest absolute Gasteiger partial charge is 0.0491 e. The van der Waals surface area contributed by atoms with Crippen molar-refractivity contribution >= 4 is 33.2 Å². The van der Waals surface area contributed by atoms with Crippen molar-refractivity contribution < 1.29 is 0 Å². The first kappa shape index (κ1) is 24.7. The van der Waals surface area contributed by atoms with Gasteiger partial charge in [0.1, 0.15) is 0 Å². The number of nitrogens with zero attached hydrogens (tertiary/aromatic N) is 3. The maximum Gasteiger partial charge on any atom is 0.0491 e. The molecule has 0 saturated carbocycles. The summed E-state index contributed by atoms with van der Waals surface area (Å²) >= 11 is 0. The number of aromatic nitrogens is 1. The SMILES string of the molecule is CCC1=NN=C(CC)C1.CCn1c2ccccc2c2ccccc21.c1ccc2c(c1)Cc1ccccc1-2. The number of hydrogen-bond donors (Lipinski definition) is 0. The topological polar surface area (TPSA) is 29.6 Å². The first-order valence-corrected chi connectivity index (χ1v) is 13.5. The average molecular weight is 486 g/mol. The normalized spacial score (nSPS) is 13.2. The van der Waals surface area contributed by atoms with Crippen LogP contribution >= 0.6 is 0 Å². The molecule has 186 valence electrons. The molecule has 1 aliphatic heterocycles. The molecule has 0 spiro atoms. The maximum absolute atomic E-state index is 4.01. The van der Waals surface area contributed by atoms with E-state index in [1.54, 1.807) is 0 Å². The van der Waals surface area contributed by atoms with Gasteiger partial charge in [-0.1, -0.05) is 98.8 Å². The third-order valence-corrected chi connectivity index (χ3v) is 7.26. The van der Waals surface area contributed by atoms with Crippen LogP contribution in [0.3, 0.4) is 0 Å². The molecule has 1 aliphatic carbocycles. The number of hydrogen-bond acceptors (Lipinski definition) is 2. The summed E-state index contributed by atoms with van der Waals surface area (Å²) < 4.78 is 2.37. The van der Waals surface area contributed by atoms with Gasteiger partial charge in [-0.05, 0) is 60.6 Å². The molecule has 0 unspecified atom stereocenters. The predicted octanol–water partition coefficient (Wildman–Crippen LogP) is 9.08. The first-order valence-electron chi connectivity index (χ1n) is 13.5. The fraction of sp³-hybridized carbons (Fsp3) is 0.235. The molecule has 37 heavy (non-hydrogen) atoms. The summed E-state index contributed by atoms with van der Waals surface area (Å²) in [6.45, 7) is 7.45. The second-order valence-electron chi connectivity index (χ2n) is 9.49. The molecule has 7 rings (SSSR count). The maximum atomic E-state index is 4.01. The van der Waals surface area contributed by atoms with E-state index in [2.05, 4.69) is 133 Å². The zero-order chi connectivity index (χ0) is 25.6. The second-order valence-corrected chi connectivity index (χ2v) is 9.49. The Hall–Kier alpha value is -3.98. The molecule has 0 atom stereocenters. The zero-order valence-electron chi connectivity index (χ0n) is 22.1. The van der Waals surface area contributed by atoms with Crippen LogP contribution in [0.2, 0.25) is 0 Å². The largest absolute Gasteiger partial charge is 0.341 e. The lowest BCUT2D eigenvalue weighted by atomic mass is 10.1. The van der Waals surface area contributed by atoms with Crippen molar-refractivity contribution in [3.8, 4) is 11.1 Å². The molecule has 3 nitrogen and oxygen atoms in total. The van der Waals surface area contributed by atoms with Gasteiger partial charge in [0.2, 0.25) is 0 Å². The molecule has 0 amide bonds. The number of fused-ring (bicyclic) bond motifs is 6. The van der Waals surface area contributed by atoms with E-state index in [1.807, 2.05) is 0 Å². The highest BCUT2D eigenvalue weighted by atomic mass is 15.2. The van der Waals surface area contributed by atoms with Crippen LogP contribution in [0.25, 0.3) is 32.9 Å². The van der Waals surface area contributed by atoms with Crippen LogP contribution in [0.1, 0.15) is 51.2 Å². The molecule has 3 heteroatoms. The van der Waals surface area contributed by atoms with Gasteiger partial charge in [-0.2, -0.15) is 10.2 Å². The van der Waals surface area contributed by atoms with Crippen LogP contribution in [0.5, 0.6) is 0 Å². The van der Waals surface area contributed by atoms with E-state index in [1.165, 1.54) is 55.5 Å². The van der Waals surface area contributed by atoms with E-state index in [0.717, 1.165) is 32.2 Å². The summed E-state index contributed by atoms with van der Waals surface area (Å²) in [5, 5.41) is 10.7. The van der Waals surface area contributed by atoms with E-state index in [-0.39, 0.29) is 0 Å². The minimum Gasteiger partial charge on any atom is -0.341 e. The lowest BCUT2D eigenvalue weighted by Gasteiger charge is -2.01. The third kappa shape index (κ3) is 5.13. The number of aryl methyl sites for hydroxylation is 1. The van der Waals surface area contributed by atoms with Gasteiger partial charge in [-0.3, -0.25) is 0 Å². The summed E-state index contributed by atoms with van der Waals surface area (Å²) in [4.78, 5) is 0. The summed E-state index contributed by atoms with van der Waals surface area (Å²) in [6, 6.07) is 34.5. The van der Waals surface area contributed by atoms with Crippen LogP contribution in [0.4, 0.5) is 0 Å². The minimum atomic E-state index is 1.02. The van der Waals surface area contributed by atoms with Crippen molar-refractivity contribution in [2.24, 2.45) is 10.2 Å². The third-order valence-electron chi connectivity index (χ3n) is 7.26. The number of benzene rings is 4. The quantitative estimate of drug-likeness (QED) is 0.239. The minimum absolute atomic E-state index is 1.02. The van der Waals surface area contributed by atoms with Crippen LogP contribution in [-0.4, -0.2) is 16.0 Å². The molecule has 0 saturated heterocycles. The van der Waals surface area contributed by atoms with Crippen molar-refractivity contribution in [1.82, 2.24) is 4.57 Å². The molecule has 0 fully saturated rings. The van der Waals surface area contributed by atoms with Gasteiger partial charge < -0.3 is 4.57 Å². The van der Waals surface area contributed by atoms with Gasteiger partial charge in [0.25, 0.3) is 0 Å². The van der Waals surface area contributed by atoms with Crippen LogP contribution in [-0.2, 0) is 13.0 Å². The summed E-state index contributed by atoms with van der Waals surface area (Å²) in [5.74, 6) is 0. The first-order chi connectivity index (χ1) is 18.2. The van der Waals surface area contributed by atoms with E-state index < -0.39 is 0 Å². The van der Waals surface area contributed by atoms with Crippen molar-refractivity contribution in [3.63, 3.8) is 0 Å². The molecule has 0 radical (unpaired) electrons. The Bertz CT molecular complexity index is 1470. The van der Waals surface area contributed by atoms with Gasteiger partial charge in [0, 0.05) is 46.2 Å². The van der Waals surface area contributed by atoms with Crippen molar-refractivity contribution in [3.05, 3.63) is 108 Å². The van der Waals surface area contributed by atoms with E-state index in [0.29, 0.717) is 0 Å². The Morgan fingerprint density at radius 3 is 1.41 bits per heavy atom. The fourth-order valence-corrected chi connectivity index (χ4v) is 5.26. The van der Waals surface area contributed by atoms with Gasteiger partial charge in [0.05, 0.1) is 0 Å². The highest BCUT2D eigenvalue weighted by Crippen LogP contribution is 2.35. The van der Waals surface area contributed by atoms with Gasteiger partial charge in [0.15, 0.2) is 0 Å². The van der Waals surface area contributed by atoms with E-state index in [9.17, 15) is 0 Å². The molecule has 2 heterocycles. The zero-order valence-corrected chi connectivity index (χ0v) is 22.1. The van der Waals surface area contributed by atoms with Crippen molar-refractivity contribution in [2.75, 3.05) is 0 Å². The van der Waals surface area contributed by atoms with Crippen LogP contribution in [0, 0.1) is 0 Å². The standard InChI is InChI=1S/C14H13N.C13H10.C7H12N2/c1-2-15-13-9-5-3-7-11(13)12-8-4-6-10-14(12)15;1-3-7-12-10(5-1)9-11-6-2-4-8-13(11)12;1-3-6-5-7(4-2)9-8-6/h3-10H,2H2,1H3;1-8H,9H2;3-5H2,1-2H3.